The van der Waals surface area contributed by atoms with Gasteiger partial charge in [0.05, 0.1) is 17.1 Å². The fourth-order valence-electron chi connectivity index (χ4n) is 2.17. The van der Waals surface area contributed by atoms with Gasteiger partial charge in [0.25, 0.3) is 0 Å². The number of halogens is 2. The minimum Gasteiger partial charge on any atom is -0.460 e. The van der Waals surface area contributed by atoms with Crippen molar-refractivity contribution >= 4 is 35.1 Å². The van der Waals surface area contributed by atoms with Gasteiger partial charge in [-0.25, -0.2) is 4.79 Å². The van der Waals surface area contributed by atoms with Crippen LogP contribution in [-0.4, -0.2) is 25.0 Å². The zero-order valence-corrected chi connectivity index (χ0v) is 15.4. The standard InChI is InChI=1S/C19H19Cl2NO3/c1-13-2-4-14(5-3-13)6-9-18(23)22-10-11-25-19(24)16-8-7-15(20)12-17(16)21/h2-5,7-8,12H,6,9-11H2,1H3,(H,22,23). The molecule has 0 saturated carbocycles. The molecule has 0 aliphatic heterocycles. The van der Waals surface area contributed by atoms with Gasteiger partial charge in [0.15, 0.2) is 0 Å². The third kappa shape index (κ3) is 6.40. The summed E-state index contributed by atoms with van der Waals surface area (Å²) in [5, 5.41) is 3.41. The van der Waals surface area contributed by atoms with Gasteiger partial charge in [0, 0.05) is 11.4 Å². The van der Waals surface area contributed by atoms with Crippen molar-refractivity contribution in [3.63, 3.8) is 0 Å². The first-order valence-corrected chi connectivity index (χ1v) is 8.66. The van der Waals surface area contributed by atoms with Gasteiger partial charge in [-0.05, 0) is 37.1 Å². The van der Waals surface area contributed by atoms with Crippen LogP contribution < -0.4 is 5.32 Å². The zero-order chi connectivity index (χ0) is 18.2. The number of esters is 1. The Hall–Kier alpha value is -2.04. The van der Waals surface area contributed by atoms with Crippen LogP contribution >= 0.6 is 23.2 Å². The Labute approximate surface area is 157 Å². The quantitative estimate of drug-likeness (QED) is 0.578. The summed E-state index contributed by atoms with van der Waals surface area (Å²) in [4.78, 5) is 23.7. The molecule has 0 aliphatic rings. The van der Waals surface area contributed by atoms with Crippen LogP contribution in [0.25, 0.3) is 0 Å². The number of carbonyl (C=O) groups is 2. The van der Waals surface area contributed by atoms with E-state index in [9.17, 15) is 9.59 Å². The molecule has 4 nitrogen and oxygen atoms in total. The van der Waals surface area contributed by atoms with Crippen molar-refractivity contribution < 1.29 is 14.3 Å². The summed E-state index contributed by atoms with van der Waals surface area (Å²) in [7, 11) is 0. The number of hydrogen-bond acceptors (Lipinski definition) is 3. The highest BCUT2D eigenvalue weighted by Gasteiger charge is 2.12. The van der Waals surface area contributed by atoms with Crippen LogP contribution in [0.5, 0.6) is 0 Å². The molecule has 0 atom stereocenters. The van der Waals surface area contributed by atoms with Crippen molar-refractivity contribution in [1.82, 2.24) is 5.32 Å². The van der Waals surface area contributed by atoms with Gasteiger partial charge in [0.1, 0.15) is 6.61 Å². The second-order valence-electron chi connectivity index (χ2n) is 5.60. The van der Waals surface area contributed by atoms with E-state index in [0.29, 0.717) is 17.9 Å². The monoisotopic (exact) mass is 379 g/mol. The number of carbonyl (C=O) groups excluding carboxylic acids is 2. The molecule has 0 spiro atoms. The van der Waals surface area contributed by atoms with E-state index in [-0.39, 0.29) is 29.6 Å². The lowest BCUT2D eigenvalue weighted by molar-refractivity contribution is -0.121. The highest BCUT2D eigenvalue weighted by molar-refractivity contribution is 6.36. The van der Waals surface area contributed by atoms with E-state index < -0.39 is 5.97 Å². The van der Waals surface area contributed by atoms with Crippen molar-refractivity contribution in [3.8, 4) is 0 Å². The molecule has 25 heavy (non-hydrogen) atoms. The highest BCUT2D eigenvalue weighted by atomic mass is 35.5. The number of hydrogen-bond donors (Lipinski definition) is 1. The molecule has 1 amide bonds. The Kier molecular flexibility index (Phi) is 7.29. The second kappa shape index (κ2) is 9.44. The predicted octanol–water partition coefficient (Wildman–Crippen LogP) is 4.21. The summed E-state index contributed by atoms with van der Waals surface area (Å²) in [6.07, 6.45) is 1.06. The smallest absolute Gasteiger partial charge is 0.339 e. The molecule has 0 bridgehead atoms. The first-order valence-electron chi connectivity index (χ1n) is 7.90. The molecular formula is C19H19Cl2NO3. The van der Waals surface area contributed by atoms with Crippen molar-refractivity contribution in [1.29, 1.82) is 0 Å². The number of ether oxygens (including phenoxy) is 1. The molecule has 0 radical (unpaired) electrons. The minimum atomic E-state index is -0.546. The molecule has 2 aromatic rings. The van der Waals surface area contributed by atoms with Crippen molar-refractivity contribution in [3.05, 3.63) is 69.2 Å². The SMILES string of the molecule is Cc1ccc(CCC(=O)NCCOC(=O)c2ccc(Cl)cc2Cl)cc1. The minimum absolute atomic E-state index is 0.0774. The highest BCUT2D eigenvalue weighted by Crippen LogP contribution is 2.21. The molecule has 0 heterocycles. The average Bonchev–Trinajstić information content (AvgIpc) is 2.58. The third-order valence-electron chi connectivity index (χ3n) is 3.57. The van der Waals surface area contributed by atoms with E-state index in [1.54, 1.807) is 6.07 Å². The van der Waals surface area contributed by atoms with Gasteiger partial charge >= 0.3 is 5.97 Å². The summed E-state index contributed by atoms with van der Waals surface area (Å²) in [5.41, 5.74) is 2.55. The normalized spacial score (nSPS) is 10.4. The van der Waals surface area contributed by atoms with Crippen LogP contribution in [-0.2, 0) is 16.0 Å². The van der Waals surface area contributed by atoms with Crippen LogP contribution in [0, 0.1) is 6.92 Å². The lowest BCUT2D eigenvalue weighted by atomic mass is 10.1. The molecule has 132 valence electrons. The van der Waals surface area contributed by atoms with E-state index in [4.69, 9.17) is 27.9 Å². The summed E-state index contributed by atoms with van der Waals surface area (Å²) in [5.74, 6) is -0.628. The van der Waals surface area contributed by atoms with Gasteiger partial charge in [-0.1, -0.05) is 53.0 Å². The van der Waals surface area contributed by atoms with Gasteiger partial charge in [-0.2, -0.15) is 0 Å². The molecule has 0 aromatic heterocycles. The van der Waals surface area contributed by atoms with Gasteiger partial charge in [-0.3, -0.25) is 4.79 Å². The fraction of sp³-hybridized carbons (Fsp3) is 0.263. The first-order chi connectivity index (χ1) is 12.0. The number of aryl methyl sites for hydroxylation is 2. The van der Waals surface area contributed by atoms with E-state index in [1.807, 2.05) is 31.2 Å². The van der Waals surface area contributed by atoms with E-state index in [2.05, 4.69) is 5.32 Å². The predicted molar refractivity (Wildman–Crippen MR) is 99.3 cm³/mol. The lowest BCUT2D eigenvalue weighted by Gasteiger charge is -2.08. The van der Waals surface area contributed by atoms with Crippen molar-refractivity contribution in [2.24, 2.45) is 0 Å². The van der Waals surface area contributed by atoms with Crippen LogP contribution in [0.4, 0.5) is 0 Å². The molecule has 2 rings (SSSR count). The lowest BCUT2D eigenvalue weighted by Crippen LogP contribution is -2.28. The largest absolute Gasteiger partial charge is 0.460 e. The second-order valence-corrected chi connectivity index (χ2v) is 6.44. The Morgan fingerprint density at radius 3 is 2.48 bits per heavy atom. The van der Waals surface area contributed by atoms with Gasteiger partial charge < -0.3 is 10.1 Å². The molecular weight excluding hydrogens is 361 g/mol. The van der Waals surface area contributed by atoms with Gasteiger partial charge in [0.2, 0.25) is 5.91 Å². The molecule has 0 fully saturated rings. The Balaban J connectivity index is 1.67. The molecule has 1 N–H and O–H groups in total. The molecule has 0 unspecified atom stereocenters. The number of benzene rings is 2. The summed E-state index contributed by atoms with van der Waals surface area (Å²) in [6, 6.07) is 12.6. The van der Waals surface area contributed by atoms with E-state index in [0.717, 1.165) is 5.56 Å². The Morgan fingerprint density at radius 1 is 1.08 bits per heavy atom. The van der Waals surface area contributed by atoms with Gasteiger partial charge in [-0.15, -0.1) is 0 Å². The topological polar surface area (TPSA) is 55.4 Å². The molecule has 0 aliphatic carbocycles. The average molecular weight is 380 g/mol. The summed E-state index contributed by atoms with van der Waals surface area (Å²) >= 11 is 11.7. The Morgan fingerprint density at radius 2 is 1.80 bits per heavy atom. The van der Waals surface area contributed by atoms with Crippen LogP contribution in [0.15, 0.2) is 42.5 Å². The van der Waals surface area contributed by atoms with Crippen molar-refractivity contribution in [2.45, 2.75) is 19.8 Å². The number of nitrogens with one attached hydrogen (secondary N) is 1. The van der Waals surface area contributed by atoms with Crippen LogP contribution in [0.2, 0.25) is 10.0 Å². The van der Waals surface area contributed by atoms with E-state index in [1.165, 1.54) is 17.7 Å². The molecule has 2 aromatic carbocycles. The number of rotatable bonds is 7. The van der Waals surface area contributed by atoms with Crippen LogP contribution in [0.1, 0.15) is 27.9 Å². The summed E-state index contributed by atoms with van der Waals surface area (Å²) < 4.78 is 5.09. The van der Waals surface area contributed by atoms with Crippen molar-refractivity contribution in [2.75, 3.05) is 13.2 Å². The Bertz CT molecular complexity index is 745. The zero-order valence-electron chi connectivity index (χ0n) is 13.9. The number of amides is 1. The maximum atomic E-state index is 11.9. The van der Waals surface area contributed by atoms with E-state index >= 15 is 0 Å². The molecule has 0 saturated heterocycles. The maximum absolute atomic E-state index is 11.9. The third-order valence-corrected chi connectivity index (χ3v) is 4.12. The maximum Gasteiger partial charge on any atom is 0.339 e. The first kappa shape index (κ1) is 19.3. The van der Waals surface area contributed by atoms with Crippen LogP contribution in [0.3, 0.4) is 0 Å². The molecule has 6 heteroatoms. The fourth-order valence-corrected chi connectivity index (χ4v) is 2.65. The summed E-state index contributed by atoms with van der Waals surface area (Å²) in [6.45, 7) is 2.35.